The number of amides is 1. The molecule has 0 unspecified atom stereocenters. The lowest BCUT2D eigenvalue weighted by atomic mass is 10.2. The second kappa shape index (κ2) is 8.21. The van der Waals surface area contributed by atoms with E-state index in [1.807, 2.05) is 20.9 Å². The van der Waals surface area contributed by atoms with Gasteiger partial charge in [-0.1, -0.05) is 0 Å². The molecule has 0 aromatic rings. The van der Waals surface area contributed by atoms with Crippen molar-refractivity contribution in [2.75, 3.05) is 53.4 Å². The summed E-state index contributed by atoms with van der Waals surface area (Å²) in [5.41, 5.74) is 0. The van der Waals surface area contributed by atoms with Crippen LogP contribution in [0.15, 0.2) is 0 Å². The minimum atomic E-state index is -0.166. The predicted molar refractivity (Wildman–Crippen MR) is 77.4 cm³/mol. The molecular weight excluding hydrogens is 258 g/mol. The molecular formula is C14H27N3O3. The molecule has 1 heterocycles. The lowest BCUT2D eigenvalue weighted by Crippen LogP contribution is -2.50. The number of nitrogens with zero attached hydrogens (tertiary/aromatic N) is 3. The first-order chi connectivity index (χ1) is 9.43. The van der Waals surface area contributed by atoms with Gasteiger partial charge in [0, 0.05) is 45.8 Å². The molecule has 116 valence electrons. The Morgan fingerprint density at radius 2 is 1.70 bits per heavy atom. The SMILES string of the molecule is COC(=O)CCN1CCN(CC(=O)N(C)C(C)C)CC1. The van der Waals surface area contributed by atoms with Crippen LogP contribution in [0.1, 0.15) is 20.3 Å². The second-order valence-corrected chi connectivity index (χ2v) is 5.54. The number of ether oxygens (including phenoxy) is 1. The summed E-state index contributed by atoms with van der Waals surface area (Å²) in [7, 11) is 3.26. The number of esters is 1. The van der Waals surface area contributed by atoms with Crippen LogP contribution in [0, 0.1) is 0 Å². The molecule has 6 heteroatoms. The van der Waals surface area contributed by atoms with E-state index >= 15 is 0 Å². The Labute approximate surface area is 121 Å². The van der Waals surface area contributed by atoms with Crippen molar-refractivity contribution in [2.45, 2.75) is 26.3 Å². The van der Waals surface area contributed by atoms with Crippen molar-refractivity contribution in [3.8, 4) is 0 Å². The van der Waals surface area contributed by atoms with Crippen LogP contribution in [0.25, 0.3) is 0 Å². The molecule has 20 heavy (non-hydrogen) atoms. The Morgan fingerprint density at radius 1 is 1.15 bits per heavy atom. The van der Waals surface area contributed by atoms with Crippen LogP contribution < -0.4 is 0 Å². The number of hydrogen-bond acceptors (Lipinski definition) is 5. The van der Waals surface area contributed by atoms with Gasteiger partial charge in [-0.05, 0) is 13.8 Å². The van der Waals surface area contributed by atoms with Crippen LogP contribution in [0.2, 0.25) is 0 Å². The Kier molecular flexibility index (Phi) is 6.95. The molecule has 1 rings (SSSR count). The molecule has 1 saturated heterocycles. The fourth-order valence-electron chi connectivity index (χ4n) is 2.11. The maximum absolute atomic E-state index is 12.0. The number of likely N-dealkylation sites (N-methyl/N-ethyl adjacent to an activating group) is 1. The molecule has 1 fully saturated rings. The zero-order valence-electron chi connectivity index (χ0n) is 13.1. The number of hydrogen-bond donors (Lipinski definition) is 0. The fourth-order valence-corrected chi connectivity index (χ4v) is 2.11. The maximum atomic E-state index is 12.0. The molecule has 0 N–H and O–H groups in total. The number of carbonyl (C=O) groups excluding carboxylic acids is 2. The van der Waals surface area contributed by atoms with Crippen LogP contribution in [0.3, 0.4) is 0 Å². The summed E-state index contributed by atoms with van der Waals surface area (Å²) >= 11 is 0. The zero-order chi connectivity index (χ0) is 15.1. The topological polar surface area (TPSA) is 53.1 Å². The zero-order valence-corrected chi connectivity index (χ0v) is 13.1. The summed E-state index contributed by atoms with van der Waals surface area (Å²) in [4.78, 5) is 29.3. The largest absolute Gasteiger partial charge is 0.469 e. The first kappa shape index (κ1) is 16.9. The summed E-state index contributed by atoms with van der Waals surface area (Å²) < 4.78 is 4.64. The number of methoxy groups -OCH3 is 1. The maximum Gasteiger partial charge on any atom is 0.306 e. The van der Waals surface area contributed by atoms with Gasteiger partial charge in [-0.3, -0.25) is 14.5 Å². The third kappa shape index (κ3) is 5.46. The highest BCUT2D eigenvalue weighted by atomic mass is 16.5. The highest BCUT2D eigenvalue weighted by molar-refractivity contribution is 5.78. The van der Waals surface area contributed by atoms with Crippen LogP contribution in [0.5, 0.6) is 0 Å². The van der Waals surface area contributed by atoms with E-state index in [0.29, 0.717) is 13.0 Å². The summed E-state index contributed by atoms with van der Waals surface area (Å²) in [6.07, 6.45) is 0.436. The molecule has 1 amide bonds. The van der Waals surface area contributed by atoms with Gasteiger partial charge in [-0.25, -0.2) is 0 Å². The highest BCUT2D eigenvalue weighted by Crippen LogP contribution is 2.04. The lowest BCUT2D eigenvalue weighted by Gasteiger charge is -2.35. The van der Waals surface area contributed by atoms with Crippen LogP contribution in [-0.4, -0.2) is 86.0 Å². The van der Waals surface area contributed by atoms with E-state index in [-0.39, 0.29) is 17.9 Å². The molecule has 0 aromatic carbocycles. The van der Waals surface area contributed by atoms with E-state index in [2.05, 4.69) is 14.5 Å². The first-order valence-electron chi connectivity index (χ1n) is 7.21. The van der Waals surface area contributed by atoms with Crippen molar-refractivity contribution in [3.63, 3.8) is 0 Å². The van der Waals surface area contributed by atoms with E-state index in [1.165, 1.54) is 7.11 Å². The Morgan fingerprint density at radius 3 is 2.20 bits per heavy atom. The van der Waals surface area contributed by atoms with Gasteiger partial charge < -0.3 is 14.5 Å². The Balaban J connectivity index is 2.25. The molecule has 6 nitrogen and oxygen atoms in total. The summed E-state index contributed by atoms with van der Waals surface area (Å²) in [5, 5.41) is 0. The van der Waals surface area contributed by atoms with Gasteiger partial charge in [0.25, 0.3) is 0 Å². The van der Waals surface area contributed by atoms with Crippen molar-refractivity contribution in [2.24, 2.45) is 0 Å². The molecule has 1 aliphatic rings. The Bertz CT molecular complexity index is 326. The van der Waals surface area contributed by atoms with Crippen molar-refractivity contribution < 1.29 is 14.3 Å². The number of rotatable bonds is 6. The molecule has 0 aliphatic carbocycles. The predicted octanol–water partition coefficient (Wildman–Crippen LogP) is 0.0339. The molecule has 0 saturated carbocycles. The monoisotopic (exact) mass is 285 g/mol. The third-order valence-electron chi connectivity index (χ3n) is 3.85. The van der Waals surface area contributed by atoms with Crippen LogP contribution in [0.4, 0.5) is 0 Å². The van der Waals surface area contributed by atoms with E-state index < -0.39 is 0 Å². The normalized spacial score (nSPS) is 17.2. The first-order valence-corrected chi connectivity index (χ1v) is 7.21. The van der Waals surface area contributed by atoms with E-state index in [9.17, 15) is 9.59 Å². The molecule has 0 atom stereocenters. The van der Waals surface area contributed by atoms with Gasteiger partial charge in [0.1, 0.15) is 0 Å². The molecule has 1 aliphatic heterocycles. The minimum Gasteiger partial charge on any atom is -0.469 e. The van der Waals surface area contributed by atoms with Gasteiger partial charge in [-0.2, -0.15) is 0 Å². The number of piperazine rings is 1. The van der Waals surface area contributed by atoms with Crippen molar-refractivity contribution in [3.05, 3.63) is 0 Å². The Hall–Kier alpha value is -1.14. The summed E-state index contributed by atoms with van der Waals surface area (Å²) in [5.74, 6) is 0.00387. The van der Waals surface area contributed by atoms with Crippen molar-refractivity contribution in [1.82, 2.24) is 14.7 Å². The average molecular weight is 285 g/mol. The van der Waals surface area contributed by atoms with Crippen molar-refractivity contribution in [1.29, 1.82) is 0 Å². The van der Waals surface area contributed by atoms with E-state index in [1.54, 1.807) is 4.90 Å². The van der Waals surface area contributed by atoms with Crippen LogP contribution in [-0.2, 0) is 14.3 Å². The second-order valence-electron chi connectivity index (χ2n) is 5.54. The summed E-state index contributed by atoms with van der Waals surface area (Å²) in [6.45, 7) is 8.80. The summed E-state index contributed by atoms with van der Waals surface area (Å²) in [6, 6.07) is 0.240. The molecule has 0 spiro atoms. The van der Waals surface area contributed by atoms with Gasteiger partial charge in [0.15, 0.2) is 0 Å². The standard InChI is InChI=1S/C14H27N3O3/c1-12(2)15(3)13(18)11-17-9-7-16(8-10-17)6-5-14(19)20-4/h12H,5-11H2,1-4H3. The van der Waals surface area contributed by atoms with E-state index in [4.69, 9.17) is 0 Å². The lowest BCUT2D eigenvalue weighted by molar-refractivity contribution is -0.141. The van der Waals surface area contributed by atoms with Gasteiger partial charge in [0.2, 0.25) is 5.91 Å². The molecule has 0 bridgehead atoms. The van der Waals surface area contributed by atoms with Gasteiger partial charge in [-0.15, -0.1) is 0 Å². The van der Waals surface area contributed by atoms with Gasteiger partial charge in [0.05, 0.1) is 20.1 Å². The number of carbonyl (C=O) groups is 2. The smallest absolute Gasteiger partial charge is 0.306 e. The fraction of sp³-hybridized carbons (Fsp3) is 0.857. The van der Waals surface area contributed by atoms with Gasteiger partial charge >= 0.3 is 5.97 Å². The third-order valence-corrected chi connectivity index (χ3v) is 3.85. The molecule has 0 radical (unpaired) electrons. The molecule has 0 aromatic heterocycles. The highest BCUT2D eigenvalue weighted by Gasteiger charge is 2.21. The minimum absolute atomic E-state index is 0.166. The quantitative estimate of drug-likeness (QED) is 0.645. The van der Waals surface area contributed by atoms with E-state index in [0.717, 1.165) is 32.7 Å². The van der Waals surface area contributed by atoms with Crippen LogP contribution >= 0.6 is 0 Å². The average Bonchev–Trinajstić information content (AvgIpc) is 2.45. The van der Waals surface area contributed by atoms with Crippen molar-refractivity contribution >= 4 is 11.9 Å².